The van der Waals surface area contributed by atoms with Gasteiger partial charge in [0.15, 0.2) is 0 Å². The number of H-pyrrole nitrogens is 1. The molecule has 8 heteroatoms. The molecular formula is C21H14F2N6. The summed E-state index contributed by atoms with van der Waals surface area (Å²) in [6.45, 7) is 0. The third kappa shape index (κ3) is 2.85. The molecule has 6 nitrogen and oxygen atoms in total. The monoisotopic (exact) mass is 388 g/mol. The maximum Gasteiger partial charge on any atom is 0.135 e. The average molecular weight is 388 g/mol. The van der Waals surface area contributed by atoms with Gasteiger partial charge in [-0.1, -0.05) is 12.1 Å². The van der Waals surface area contributed by atoms with Crippen LogP contribution in [0.3, 0.4) is 0 Å². The highest BCUT2D eigenvalue weighted by Crippen LogP contribution is 2.35. The van der Waals surface area contributed by atoms with Gasteiger partial charge in [0.1, 0.15) is 35.0 Å². The van der Waals surface area contributed by atoms with Crippen LogP contribution in [0.2, 0.25) is 0 Å². The van der Waals surface area contributed by atoms with Gasteiger partial charge in [-0.2, -0.15) is 5.10 Å². The van der Waals surface area contributed by atoms with Crippen molar-refractivity contribution >= 4 is 10.9 Å². The van der Waals surface area contributed by atoms with E-state index in [1.54, 1.807) is 12.5 Å². The van der Waals surface area contributed by atoms with Gasteiger partial charge in [0.25, 0.3) is 0 Å². The minimum Gasteiger partial charge on any atom is -0.340 e. The maximum absolute atomic E-state index is 14.3. The second-order valence-electron chi connectivity index (χ2n) is 6.62. The van der Waals surface area contributed by atoms with Crippen LogP contribution in [0.1, 0.15) is 0 Å². The fourth-order valence-corrected chi connectivity index (χ4v) is 3.39. The summed E-state index contributed by atoms with van der Waals surface area (Å²) < 4.78 is 30.5. The van der Waals surface area contributed by atoms with Gasteiger partial charge >= 0.3 is 0 Å². The minimum absolute atomic E-state index is 0.168. The Morgan fingerprint density at radius 1 is 0.966 bits per heavy atom. The van der Waals surface area contributed by atoms with Gasteiger partial charge < -0.3 is 4.57 Å². The Labute approximate surface area is 163 Å². The number of hydrogen-bond donors (Lipinski definition) is 1. The zero-order valence-electron chi connectivity index (χ0n) is 15.3. The lowest BCUT2D eigenvalue weighted by molar-refractivity contribution is 0.588. The molecule has 0 amide bonds. The lowest BCUT2D eigenvalue weighted by Crippen LogP contribution is -1.93. The molecule has 0 aliphatic heterocycles. The number of nitrogens with zero attached hydrogens (tertiary/aromatic N) is 5. The van der Waals surface area contributed by atoms with Crippen LogP contribution in [0.4, 0.5) is 8.78 Å². The summed E-state index contributed by atoms with van der Waals surface area (Å²) in [5.41, 5.74) is 3.48. The van der Waals surface area contributed by atoms with Crippen molar-refractivity contribution in [1.82, 2.24) is 29.7 Å². The zero-order chi connectivity index (χ0) is 20.0. The van der Waals surface area contributed by atoms with Crippen LogP contribution in [0.25, 0.3) is 44.7 Å². The van der Waals surface area contributed by atoms with E-state index < -0.39 is 11.6 Å². The smallest absolute Gasteiger partial charge is 0.135 e. The van der Waals surface area contributed by atoms with Crippen LogP contribution in [-0.4, -0.2) is 29.7 Å². The molecule has 0 aliphatic carbocycles. The van der Waals surface area contributed by atoms with E-state index in [1.165, 1.54) is 24.5 Å². The first-order valence-corrected chi connectivity index (χ1v) is 8.83. The summed E-state index contributed by atoms with van der Waals surface area (Å²) in [6, 6.07) is 9.31. The second-order valence-corrected chi connectivity index (χ2v) is 6.62. The number of fused-ring (bicyclic) bond motifs is 1. The molecule has 2 aromatic carbocycles. The van der Waals surface area contributed by atoms with E-state index in [2.05, 4.69) is 25.1 Å². The van der Waals surface area contributed by atoms with Gasteiger partial charge in [0.05, 0.1) is 17.4 Å². The molecule has 3 aromatic heterocycles. The van der Waals surface area contributed by atoms with Gasteiger partial charge in [-0.05, 0) is 29.8 Å². The van der Waals surface area contributed by atoms with E-state index >= 15 is 0 Å². The van der Waals surface area contributed by atoms with Crippen LogP contribution in [0.15, 0.2) is 61.4 Å². The Kier molecular flexibility index (Phi) is 3.90. The van der Waals surface area contributed by atoms with Crippen LogP contribution >= 0.6 is 0 Å². The predicted octanol–water partition coefficient (Wildman–Crippen LogP) is 4.37. The molecule has 0 saturated heterocycles. The Morgan fingerprint density at radius 2 is 1.79 bits per heavy atom. The lowest BCUT2D eigenvalue weighted by Gasteiger charge is -2.08. The largest absolute Gasteiger partial charge is 0.340 e. The van der Waals surface area contributed by atoms with Crippen molar-refractivity contribution in [3.8, 4) is 33.8 Å². The standard InChI is InChI=1S/C21H14F2N6/c1-29-9-18(26-11-29)20-13-7-12(5-6-17(13)24-10-25-20)14-8-27-28-21(14)19-15(22)3-2-4-16(19)23/h2-11H,1H3,(H,27,28). The number of rotatable bonds is 3. The molecule has 0 saturated carbocycles. The molecule has 0 fully saturated rings. The van der Waals surface area contributed by atoms with E-state index in [-0.39, 0.29) is 11.3 Å². The van der Waals surface area contributed by atoms with Gasteiger partial charge in [-0.3, -0.25) is 5.10 Å². The molecule has 142 valence electrons. The molecule has 5 aromatic rings. The summed E-state index contributed by atoms with van der Waals surface area (Å²) in [5, 5.41) is 7.60. The number of aromatic nitrogens is 6. The first-order chi connectivity index (χ1) is 14.1. The third-order valence-electron chi connectivity index (χ3n) is 4.73. The molecular weight excluding hydrogens is 374 g/mol. The average Bonchev–Trinajstić information content (AvgIpc) is 3.36. The van der Waals surface area contributed by atoms with Crippen LogP contribution in [-0.2, 0) is 7.05 Å². The number of hydrogen-bond acceptors (Lipinski definition) is 4. The fourth-order valence-electron chi connectivity index (χ4n) is 3.39. The van der Waals surface area contributed by atoms with Crippen molar-refractivity contribution in [2.24, 2.45) is 7.05 Å². The molecule has 3 heterocycles. The molecule has 0 spiro atoms. The molecule has 29 heavy (non-hydrogen) atoms. The molecule has 0 unspecified atom stereocenters. The lowest BCUT2D eigenvalue weighted by atomic mass is 9.99. The minimum atomic E-state index is -0.670. The highest BCUT2D eigenvalue weighted by atomic mass is 19.1. The first kappa shape index (κ1) is 17.2. The summed E-state index contributed by atoms with van der Waals surface area (Å²) in [7, 11) is 1.88. The van der Waals surface area contributed by atoms with E-state index in [9.17, 15) is 8.78 Å². The van der Waals surface area contributed by atoms with Gasteiger partial charge in [-0.15, -0.1) is 0 Å². The second kappa shape index (κ2) is 6.59. The van der Waals surface area contributed by atoms with Crippen molar-refractivity contribution < 1.29 is 8.78 Å². The summed E-state index contributed by atoms with van der Waals surface area (Å²) in [5.74, 6) is -1.34. The molecule has 0 atom stereocenters. The summed E-state index contributed by atoms with van der Waals surface area (Å²) in [6.07, 6.45) is 6.67. The number of aromatic amines is 1. The fraction of sp³-hybridized carbons (Fsp3) is 0.0476. The van der Waals surface area contributed by atoms with E-state index in [1.807, 2.05) is 36.0 Å². The number of benzene rings is 2. The topological polar surface area (TPSA) is 72.3 Å². The summed E-state index contributed by atoms with van der Waals surface area (Å²) in [4.78, 5) is 13.1. The third-order valence-corrected chi connectivity index (χ3v) is 4.73. The van der Waals surface area contributed by atoms with Gasteiger partial charge in [0, 0.05) is 30.4 Å². The number of imidazole rings is 1. The Hall–Kier alpha value is -3.94. The van der Waals surface area contributed by atoms with Crippen molar-refractivity contribution in [3.05, 3.63) is 73.1 Å². The quantitative estimate of drug-likeness (QED) is 0.498. The van der Waals surface area contributed by atoms with Gasteiger partial charge in [0.2, 0.25) is 0 Å². The molecule has 0 aliphatic rings. The zero-order valence-corrected chi connectivity index (χ0v) is 15.3. The predicted molar refractivity (Wildman–Crippen MR) is 105 cm³/mol. The molecule has 5 rings (SSSR count). The van der Waals surface area contributed by atoms with Crippen LogP contribution in [0, 0.1) is 11.6 Å². The van der Waals surface area contributed by atoms with Crippen molar-refractivity contribution in [2.75, 3.05) is 0 Å². The van der Waals surface area contributed by atoms with Crippen molar-refractivity contribution in [2.45, 2.75) is 0 Å². The first-order valence-electron chi connectivity index (χ1n) is 8.83. The molecule has 1 N–H and O–H groups in total. The van der Waals surface area contributed by atoms with Crippen molar-refractivity contribution in [3.63, 3.8) is 0 Å². The summed E-state index contributed by atoms with van der Waals surface area (Å²) >= 11 is 0. The van der Waals surface area contributed by atoms with Gasteiger partial charge in [-0.25, -0.2) is 23.7 Å². The number of halogens is 2. The number of aryl methyl sites for hydroxylation is 1. The Bertz CT molecular complexity index is 1330. The Morgan fingerprint density at radius 3 is 2.55 bits per heavy atom. The van der Waals surface area contributed by atoms with Crippen LogP contribution in [0.5, 0.6) is 0 Å². The van der Waals surface area contributed by atoms with Crippen LogP contribution < -0.4 is 0 Å². The maximum atomic E-state index is 14.3. The SMILES string of the molecule is Cn1cnc(-c2ncnc3ccc(-c4c[nH]nc4-c4c(F)cccc4F)cc23)c1. The molecule has 0 radical (unpaired) electrons. The Balaban J connectivity index is 1.71. The van der Waals surface area contributed by atoms with E-state index in [4.69, 9.17) is 0 Å². The number of nitrogens with one attached hydrogen (secondary N) is 1. The van der Waals surface area contributed by atoms with E-state index in [0.717, 1.165) is 16.5 Å². The van der Waals surface area contributed by atoms with E-state index in [0.29, 0.717) is 17.0 Å². The molecule has 0 bridgehead atoms. The highest BCUT2D eigenvalue weighted by Gasteiger charge is 2.19. The normalized spacial score (nSPS) is 11.3. The van der Waals surface area contributed by atoms with Crippen molar-refractivity contribution in [1.29, 1.82) is 0 Å². The highest BCUT2D eigenvalue weighted by molar-refractivity contribution is 5.95.